The third-order valence-electron chi connectivity index (χ3n) is 4.92. The number of anilines is 2. The van der Waals surface area contributed by atoms with Crippen LogP contribution in [-0.4, -0.2) is 18.0 Å². The van der Waals surface area contributed by atoms with Gasteiger partial charge < -0.3 is 10.2 Å². The predicted octanol–water partition coefficient (Wildman–Crippen LogP) is 4.90. The van der Waals surface area contributed by atoms with Gasteiger partial charge in [0.1, 0.15) is 6.04 Å². The van der Waals surface area contributed by atoms with Crippen molar-refractivity contribution in [3.8, 4) is 0 Å². The number of aryl methyl sites for hydroxylation is 1. The summed E-state index contributed by atoms with van der Waals surface area (Å²) in [6.07, 6.45) is 4.19. The van der Waals surface area contributed by atoms with Crippen LogP contribution in [0.15, 0.2) is 91.0 Å². The van der Waals surface area contributed by atoms with Gasteiger partial charge in [0.05, 0.1) is 6.04 Å². The molecule has 0 spiro atoms. The van der Waals surface area contributed by atoms with E-state index < -0.39 is 0 Å². The normalized spacial score (nSPS) is 19.1. The van der Waals surface area contributed by atoms with Crippen molar-refractivity contribution in [1.29, 1.82) is 0 Å². The van der Waals surface area contributed by atoms with E-state index in [2.05, 4.69) is 42.6 Å². The van der Waals surface area contributed by atoms with E-state index in [0.717, 1.165) is 22.5 Å². The quantitative estimate of drug-likeness (QED) is 0.661. The van der Waals surface area contributed by atoms with Gasteiger partial charge in [0.25, 0.3) is 5.91 Å². The van der Waals surface area contributed by atoms with Gasteiger partial charge in [-0.2, -0.15) is 0 Å². The van der Waals surface area contributed by atoms with Crippen molar-refractivity contribution in [1.82, 2.24) is 0 Å². The fraction of sp³-hybridized carbons (Fsp3) is 0.125. The summed E-state index contributed by atoms with van der Waals surface area (Å²) >= 11 is 0. The monoisotopic (exact) mass is 354 g/mol. The summed E-state index contributed by atoms with van der Waals surface area (Å²) in [4.78, 5) is 14.8. The third-order valence-corrected chi connectivity index (χ3v) is 4.92. The van der Waals surface area contributed by atoms with Crippen LogP contribution in [0.2, 0.25) is 0 Å². The van der Waals surface area contributed by atoms with Crippen LogP contribution in [0.4, 0.5) is 11.4 Å². The summed E-state index contributed by atoms with van der Waals surface area (Å²) in [6, 6.07) is 27.8. The van der Waals surface area contributed by atoms with Crippen LogP contribution in [0, 0.1) is 6.92 Å². The summed E-state index contributed by atoms with van der Waals surface area (Å²) in [5.41, 5.74) is 4.18. The highest BCUT2D eigenvalue weighted by molar-refractivity contribution is 6.08. The Morgan fingerprint density at radius 1 is 0.852 bits per heavy atom. The molecule has 2 atom stereocenters. The van der Waals surface area contributed by atoms with Crippen molar-refractivity contribution in [2.24, 2.45) is 0 Å². The zero-order valence-corrected chi connectivity index (χ0v) is 15.2. The number of benzene rings is 3. The molecule has 1 aliphatic heterocycles. The van der Waals surface area contributed by atoms with Crippen LogP contribution in [0.5, 0.6) is 0 Å². The maximum absolute atomic E-state index is 12.9. The van der Waals surface area contributed by atoms with Gasteiger partial charge in [0.2, 0.25) is 0 Å². The lowest BCUT2D eigenvalue weighted by Gasteiger charge is -2.46. The van der Waals surface area contributed by atoms with Crippen LogP contribution >= 0.6 is 0 Å². The Morgan fingerprint density at radius 2 is 1.48 bits per heavy atom. The van der Waals surface area contributed by atoms with E-state index >= 15 is 0 Å². The molecule has 0 saturated carbocycles. The number of β-lactam (4-membered cyclic amide) rings is 1. The molecule has 0 aliphatic carbocycles. The van der Waals surface area contributed by atoms with E-state index in [9.17, 15) is 4.79 Å². The van der Waals surface area contributed by atoms with Crippen molar-refractivity contribution < 1.29 is 4.79 Å². The molecular weight excluding hydrogens is 332 g/mol. The minimum absolute atomic E-state index is 0.0419. The molecule has 27 heavy (non-hydrogen) atoms. The van der Waals surface area contributed by atoms with E-state index in [4.69, 9.17) is 0 Å². The second kappa shape index (κ2) is 7.50. The number of hydrogen-bond acceptors (Lipinski definition) is 2. The van der Waals surface area contributed by atoms with Crippen molar-refractivity contribution in [2.75, 3.05) is 10.2 Å². The fourth-order valence-electron chi connectivity index (χ4n) is 3.42. The van der Waals surface area contributed by atoms with Crippen LogP contribution < -0.4 is 10.2 Å². The molecule has 134 valence electrons. The first-order valence-electron chi connectivity index (χ1n) is 9.17. The summed E-state index contributed by atoms with van der Waals surface area (Å²) < 4.78 is 0. The van der Waals surface area contributed by atoms with Gasteiger partial charge in [-0.15, -0.1) is 0 Å². The predicted molar refractivity (Wildman–Crippen MR) is 112 cm³/mol. The Balaban J connectivity index is 1.62. The molecule has 1 amide bonds. The number of nitrogens with zero attached hydrogens (tertiary/aromatic N) is 1. The lowest BCUT2D eigenvalue weighted by molar-refractivity contribution is -0.124. The van der Waals surface area contributed by atoms with Gasteiger partial charge in [-0.25, -0.2) is 0 Å². The highest BCUT2D eigenvalue weighted by atomic mass is 16.2. The minimum Gasteiger partial charge on any atom is -0.372 e. The molecule has 4 rings (SSSR count). The number of nitrogens with one attached hydrogen (secondary N) is 1. The van der Waals surface area contributed by atoms with Gasteiger partial charge >= 0.3 is 0 Å². The number of rotatable bonds is 5. The van der Waals surface area contributed by atoms with Crippen LogP contribution in [-0.2, 0) is 4.79 Å². The van der Waals surface area contributed by atoms with E-state index in [-0.39, 0.29) is 18.0 Å². The van der Waals surface area contributed by atoms with Gasteiger partial charge in [0, 0.05) is 11.4 Å². The van der Waals surface area contributed by atoms with Gasteiger partial charge in [-0.3, -0.25) is 4.79 Å². The SMILES string of the molecule is Cc1ccccc1NC1C(=O)N(c2ccccc2)C1/C=C/c1ccccc1. The summed E-state index contributed by atoms with van der Waals surface area (Å²) in [5.74, 6) is 0.0900. The molecule has 1 heterocycles. The summed E-state index contributed by atoms with van der Waals surface area (Å²) in [5, 5.41) is 3.44. The minimum atomic E-state index is -0.272. The largest absolute Gasteiger partial charge is 0.372 e. The molecule has 2 unspecified atom stereocenters. The van der Waals surface area contributed by atoms with Crippen molar-refractivity contribution >= 4 is 23.4 Å². The molecule has 1 aliphatic rings. The van der Waals surface area contributed by atoms with Crippen LogP contribution in [0.3, 0.4) is 0 Å². The Morgan fingerprint density at radius 3 is 2.19 bits per heavy atom. The lowest BCUT2D eigenvalue weighted by Crippen LogP contribution is -2.67. The Hall–Kier alpha value is -3.33. The first-order valence-corrected chi connectivity index (χ1v) is 9.17. The summed E-state index contributed by atoms with van der Waals surface area (Å²) in [6.45, 7) is 2.05. The zero-order valence-electron chi connectivity index (χ0n) is 15.2. The van der Waals surface area contributed by atoms with Gasteiger partial charge in [-0.1, -0.05) is 78.9 Å². The van der Waals surface area contributed by atoms with E-state index in [1.54, 1.807) is 0 Å². The third kappa shape index (κ3) is 3.49. The Labute approximate surface area is 160 Å². The van der Waals surface area contributed by atoms with Crippen molar-refractivity contribution in [3.05, 3.63) is 102 Å². The van der Waals surface area contributed by atoms with E-state index in [0.29, 0.717) is 0 Å². The van der Waals surface area contributed by atoms with E-state index in [1.807, 2.05) is 71.6 Å². The van der Waals surface area contributed by atoms with Crippen LogP contribution in [0.1, 0.15) is 11.1 Å². The Kier molecular flexibility index (Phi) is 4.75. The molecule has 1 N–H and O–H groups in total. The molecule has 3 aromatic carbocycles. The molecule has 3 aromatic rings. The zero-order chi connectivity index (χ0) is 18.6. The number of amides is 1. The Bertz CT molecular complexity index is 950. The van der Waals surface area contributed by atoms with Gasteiger partial charge in [-0.05, 0) is 36.2 Å². The molecule has 0 radical (unpaired) electrons. The first kappa shape index (κ1) is 17.1. The second-order valence-corrected chi connectivity index (χ2v) is 6.74. The molecular formula is C24H22N2O. The molecule has 1 fully saturated rings. The molecule has 1 saturated heterocycles. The number of para-hydroxylation sites is 2. The molecule has 3 nitrogen and oxygen atoms in total. The number of carbonyl (C=O) groups excluding carboxylic acids is 1. The average molecular weight is 354 g/mol. The van der Waals surface area contributed by atoms with E-state index in [1.165, 1.54) is 0 Å². The van der Waals surface area contributed by atoms with Crippen molar-refractivity contribution in [3.63, 3.8) is 0 Å². The molecule has 0 bridgehead atoms. The molecule has 0 aromatic heterocycles. The maximum Gasteiger partial charge on any atom is 0.252 e. The molecule has 3 heteroatoms. The van der Waals surface area contributed by atoms with Crippen molar-refractivity contribution in [2.45, 2.75) is 19.0 Å². The highest BCUT2D eigenvalue weighted by Crippen LogP contribution is 2.32. The smallest absolute Gasteiger partial charge is 0.252 e. The van der Waals surface area contributed by atoms with Crippen LogP contribution in [0.25, 0.3) is 6.08 Å². The first-order chi connectivity index (χ1) is 13.2. The lowest BCUT2D eigenvalue weighted by atomic mass is 9.92. The highest BCUT2D eigenvalue weighted by Gasteiger charge is 2.46. The fourth-order valence-corrected chi connectivity index (χ4v) is 3.42. The summed E-state index contributed by atoms with van der Waals surface area (Å²) in [7, 11) is 0. The standard InChI is InChI=1S/C24H22N2O/c1-18-10-8-9-15-21(18)25-23-22(17-16-19-11-4-2-5-12-19)26(24(23)27)20-13-6-3-7-14-20/h2-17,22-23,25H,1H3/b17-16+. The second-order valence-electron chi connectivity index (χ2n) is 6.74. The number of hydrogen-bond donors (Lipinski definition) is 1. The topological polar surface area (TPSA) is 32.3 Å². The maximum atomic E-state index is 12.9. The number of carbonyl (C=O) groups is 1. The average Bonchev–Trinajstić information content (AvgIpc) is 2.71. The van der Waals surface area contributed by atoms with Gasteiger partial charge in [0.15, 0.2) is 0 Å².